The fraction of sp³-hybridized carbons (Fsp3) is 0.429. The van der Waals surface area contributed by atoms with Gasteiger partial charge in [-0.2, -0.15) is 5.10 Å². The number of sulfonamides is 1. The second kappa shape index (κ2) is 8.23. The van der Waals surface area contributed by atoms with Crippen LogP contribution in [0.1, 0.15) is 31.5 Å². The number of pyridine rings is 1. The number of ether oxygens (including phenoxy) is 2. The minimum atomic E-state index is -3.20. The van der Waals surface area contributed by atoms with Crippen LogP contribution in [-0.2, 0) is 10.0 Å². The van der Waals surface area contributed by atoms with Crippen LogP contribution in [0, 0.1) is 0 Å². The molecular weight excluding hydrogens is 404 g/mol. The average Bonchev–Trinajstić information content (AvgIpc) is 3.22. The average molecular weight is 431 g/mol. The van der Waals surface area contributed by atoms with E-state index in [1.807, 2.05) is 36.5 Å². The van der Waals surface area contributed by atoms with Gasteiger partial charge in [0.15, 0.2) is 23.0 Å². The van der Waals surface area contributed by atoms with Crippen LogP contribution >= 0.6 is 0 Å². The highest BCUT2D eigenvalue weighted by atomic mass is 32.2. The van der Waals surface area contributed by atoms with Crippen molar-refractivity contribution in [1.82, 2.24) is 18.9 Å². The van der Waals surface area contributed by atoms with Gasteiger partial charge >= 0.3 is 0 Å². The molecule has 160 valence electrons. The lowest BCUT2D eigenvalue weighted by Crippen LogP contribution is -2.40. The topological polar surface area (TPSA) is 86.0 Å². The first-order valence-electron chi connectivity index (χ1n) is 10.0. The van der Waals surface area contributed by atoms with Gasteiger partial charge in [-0.05, 0) is 38.0 Å². The predicted octanol–water partition coefficient (Wildman–Crippen LogP) is 2.94. The van der Waals surface area contributed by atoms with E-state index in [1.165, 1.54) is 0 Å². The molecule has 4 rings (SSSR count). The molecule has 8 nitrogen and oxygen atoms in total. The quantitative estimate of drug-likeness (QED) is 0.598. The zero-order chi connectivity index (χ0) is 21.3. The van der Waals surface area contributed by atoms with E-state index >= 15 is 0 Å². The summed E-state index contributed by atoms with van der Waals surface area (Å²) >= 11 is 0. The molecule has 1 atom stereocenters. The third kappa shape index (κ3) is 3.75. The number of fused-ring (bicyclic) bond motifs is 1. The van der Waals surface area contributed by atoms with Crippen molar-refractivity contribution >= 4 is 15.7 Å². The van der Waals surface area contributed by atoms with Gasteiger partial charge in [0.1, 0.15) is 0 Å². The van der Waals surface area contributed by atoms with Crippen molar-refractivity contribution in [3.05, 3.63) is 42.4 Å². The summed E-state index contributed by atoms with van der Waals surface area (Å²) in [5.74, 6) is 2.11. The predicted molar refractivity (Wildman–Crippen MR) is 115 cm³/mol. The molecule has 9 heteroatoms. The third-order valence-corrected chi connectivity index (χ3v) is 7.42. The molecular formula is C21H26N4O4S. The lowest BCUT2D eigenvalue weighted by Gasteiger charge is -2.30. The number of hydrogen-bond acceptors (Lipinski definition) is 6. The summed E-state index contributed by atoms with van der Waals surface area (Å²) in [6, 6.07) is 9.62. The van der Waals surface area contributed by atoms with Crippen LogP contribution in [0.2, 0.25) is 0 Å². The van der Waals surface area contributed by atoms with Crippen molar-refractivity contribution < 1.29 is 17.9 Å². The molecule has 1 saturated heterocycles. The maximum absolute atomic E-state index is 12.3. The van der Waals surface area contributed by atoms with Crippen LogP contribution in [0.5, 0.6) is 11.5 Å². The molecule has 0 N–H and O–H groups in total. The Labute approximate surface area is 176 Å². The highest BCUT2D eigenvalue weighted by Crippen LogP contribution is 2.37. The molecule has 3 heterocycles. The Bertz CT molecular complexity index is 1160. The van der Waals surface area contributed by atoms with E-state index in [4.69, 9.17) is 9.47 Å². The second-order valence-electron chi connectivity index (χ2n) is 7.33. The first-order valence-corrected chi connectivity index (χ1v) is 11.6. The summed E-state index contributed by atoms with van der Waals surface area (Å²) in [7, 11) is 0.0254. The molecule has 0 radical (unpaired) electrons. The third-order valence-electron chi connectivity index (χ3n) is 5.57. The summed E-state index contributed by atoms with van der Waals surface area (Å²) in [5, 5.41) is 4.67. The van der Waals surface area contributed by atoms with Crippen LogP contribution in [0.15, 0.2) is 36.5 Å². The highest BCUT2D eigenvalue weighted by molar-refractivity contribution is 7.89. The molecule has 1 aromatic carbocycles. The molecule has 0 aliphatic carbocycles. The Morgan fingerprint density at radius 1 is 1.17 bits per heavy atom. The van der Waals surface area contributed by atoms with Crippen LogP contribution < -0.4 is 9.47 Å². The molecule has 3 aromatic rings. The normalized spacial score (nSPS) is 17.9. The van der Waals surface area contributed by atoms with Gasteiger partial charge in [-0.15, -0.1) is 0 Å². The number of aromatic nitrogens is 3. The summed E-state index contributed by atoms with van der Waals surface area (Å²) in [4.78, 5) is 4.66. The highest BCUT2D eigenvalue weighted by Gasteiger charge is 2.30. The van der Waals surface area contributed by atoms with Gasteiger partial charge in [-0.3, -0.25) is 0 Å². The first kappa shape index (κ1) is 20.6. The van der Waals surface area contributed by atoms with Gasteiger partial charge in [-0.1, -0.05) is 12.1 Å². The smallest absolute Gasteiger partial charge is 0.213 e. The van der Waals surface area contributed by atoms with Crippen molar-refractivity contribution in [2.45, 2.75) is 25.7 Å². The van der Waals surface area contributed by atoms with Crippen molar-refractivity contribution in [1.29, 1.82) is 0 Å². The fourth-order valence-electron chi connectivity index (χ4n) is 3.94. The molecule has 0 unspecified atom stereocenters. The number of rotatable bonds is 6. The monoisotopic (exact) mass is 430 g/mol. The minimum absolute atomic E-state index is 0.00483. The van der Waals surface area contributed by atoms with E-state index in [9.17, 15) is 8.42 Å². The summed E-state index contributed by atoms with van der Waals surface area (Å²) in [6.07, 6.45) is 3.60. The number of nitrogens with zero attached hydrogens (tertiary/aromatic N) is 4. The molecule has 0 saturated carbocycles. The van der Waals surface area contributed by atoms with Crippen LogP contribution in [-0.4, -0.2) is 60.4 Å². The fourth-order valence-corrected chi connectivity index (χ4v) is 5.11. The van der Waals surface area contributed by atoms with Crippen molar-refractivity contribution in [2.75, 3.05) is 33.1 Å². The summed E-state index contributed by atoms with van der Waals surface area (Å²) in [6.45, 7) is 2.68. The van der Waals surface area contributed by atoms with Gasteiger partial charge < -0.3 is 9.47 Å². The minimum Gasteiger partial charge on any atom is -0.493 e. The lowest BCUT2D eigenvalue weighted by atomic mass is 9.99. The zero-order valence-corrected chi connectivity index (χ0v) is 18.2. The van der Waals surface area contributed by atoms with Gasteiger partial charge in [0.25, 0.3) is 0 Å². The Morgan fingerprint density at radius 3 is 2.73 bits per heavy atom. The Balaban J connectivity index is 1.67. The molecule has 0 spiro atoms. The van der Waals surface area contributed by atoms with Crippen molar-refractivity contribution in [3.8, 4) is 22.6 Å². The van der Waals surface area contributed by atoms with Gasteiger partial charge in [0.2, 0.25) is 10.0 Å². The largest absolute Gasteiger partial charge is 0.493 e. The number of hydrogen-bond donors (Lipinski definition) is 0. The maximum atomic E-state index is 12.3. The summed E-state index contributed by atoms with van der Waals surface area (Å²) < 4.78 is 38.8. The lowest BCUT2D eigenvalue weighted by molar-refractivity contribution is 0.309. The molecule has 0 amide bonds. The van der Waals surface area contributed by atoms with Gasteiger partial charge in [0.05, 0.1) is 20.0 Å². The van der Waals surface area contributed by atoms with E-state index in [0.29, 0.717) is 30.4 Å². The first-order chi connectivity index (χ1) is 14.5. The zero-order valence-electron chi connectivity index (χ0n) is 17.4. The van der Waals surface area contributed by atoms with E-state index in [1.54, 1.807) is 30.0 Å². The SMILES string of the molecule is CCS(=O)(=O)N1CCC[C@H](c2nc3ccc(-c4cccc(OC)c4OC)cn3n2)C1. The van der Waals surface area contributed by atoms with Gasteiger partial charge in [0, 0.05) is 36.3 Å². The Kier molecular flexibility index (Phi) is 5.66. The van der Waals surface area contributed by atoms with E-state index in [0.717, 1.165) is 29.6 Å². The Morgan fingerprint density at radius 2 is 2.00 bits per heavy atom. The van der Waals surface area contributed by atoms with Crippen LogP contribution in [0.25, 0.3) is 16.8 Å². The van der Waals surface area contributed by atoms with Crippen LogP contribution in [0.4, 0.5) is 0 Å². The number of para-hydroxylation sites is 1. The summed E-state index contributed by atoms with van der Waals surface area (Å²) in [5.41, 5.74) is 2.55. The molecule has 1 aliphatic heterocycles. The standard InChI is InChI=1S/C21H26N4O4S/c1-4-30(26,27)24-12-6-7-16(13-24)21-22-19-11-10-15(14-25(19)23-21)17-8-5-9-18(28-2)20(17)29-3/h5,8-11,14,16H,4,6-7,12-13H2,1-3H3/t16-/m0/s1. The van der Waals surface area contributed by atoms with E-state index in [-0.39, 0.29) is 11.7 Å². The Hall–Kier alpha value is -2.65. The maximum Gasteiger partial charge on any atom is 0.213 e. The van der Waals surface area contributed by atoms with E-state index < -0.39 is 10.0 Å². The van der Waals surface area contributed by atoms with Crippen LogP contribution in [0.3, 0.4) is 0 Å². The molecule has 1 aliphatic rings. The molecule has 2 aromatic heterocycles. The van der Waals surface area contributed by atoms with Crippen molar-refractivity contribution in [2.24, 2.45) is 0 Å². The molecule has 30 heavy (non-hydrogen) atoms. The molecule has 1 fully saturated rings. The van der Waals surface area contributed by atoms with Crippen molar-refractivity contribution in [3.63, 3.8) is 0 Å². The number of methoxy groups -OCH3 is 2. The van der Waals surface area contributed by atoms with E-state index in [2.05, 4.69) is 10.1 Å². The number of benzene rings is 1. The second-order valence-corrected chi connectivity index (χ2v) is 9.59. The van der Waals surface area contributed by atoms with Gasteiger partial charge in [-0.25, -0.2) is 22.2 Å². The molecule has 0 bridgehead atoms. The number of piperidine rings is 1.